The van der Waals surface area contributed by atoms with Crippen LogP contribution in [0.4, 0.5) is 0 Å². The molecule has 1 aliphatic carbocycles. The predicted octanol–water partition coefficient (Wildman–Crippen LogP) is 3.50. The molecule has 1 atom stereocenters. The largest absolute Gasteiger partial charge is 0.305 e. The quantitative estimate of drug-likeness (QED) is 0.776. The number of hydrogen-bond donors (Lipinski definition) is 1. The van der Waals surface area contributed by atoms with Gasteiger partial charge in [0, 0.05) is 11.6 Å². The maximum absolute atomic E-state index is 13.1. The molecule has 1 N–H and O–H groups in total. The number of amides is 1. The average Bonchev–Trinajstić information content (AvgIpc) is 3.03. The molecule has 1 amide bonds. The number of nitrogens with zero attached hydrogens (tertiary/aromatic N) is 1. The summed E-state index contributed by atoms with van der Waals surface area (Å²) in [5.41, 5.74) is 1.89. The van der Waals surface area contributed by atoms with Gasteiger partial charge < -0.3 is 4.90 Å². The highest BCUT2D eigenvalue weighted by molar-refractivity contribution is 7.90. The van der Waals surface area contributed by atoms with Gasteiger partial charge in [0.2, 0.25) is 5.91 Å². The molecule has 150 valence electrons. The topological polar surface area (TPSA) is 66.5 Å². The Kier molecular flexibility index (Phi) is 5.84. The van der Waals surface area contributed by atoms with Crippen molar-refractivity contribution in [3.8, 4) is 0 Å². The van der Waals surface area contributed by atoms with Gasteiger partial charge in [-0.2, -0.15) is 0 Å². The van der Waals surface area contributed by atoms with E-state index in [0.717, 1.165) is 16.7 Å². The van der Waals surface area contributed by atoms with Gasteiger partial charge in [-0.15, -0.1) is 0 Å². The summed E-state index contributed by atoms with van der Waals surface area (Å²) in [6, 6.07) is 12.1. The van der Waals surface area contributed by atoms with Gasteiger partial charge in [0.15, 0.2) is 0 Å². The van der Waals surface area contributed by atoms with E-state index in [9.17, 15) is 13.2 Å². The summed E-state index contributed by atoms with van der Waals surface area (Å²) in [6.07, 6.45) is 1.71. The molecule has 1 aliphatic rings. The van der Waals surface area contributed by atoms with Crippen molar-refractivity contribution in [1.29, 1.82) is 0 Å². The van der Waals surface area contributed by atoms with Gasteiger partial charge in [0.05, 0.1) is 10.3 Å². The van der Waals surface area contributed by atoms with Gasteiger partial charge in [-0.1, -0.05) is 42.8 Å². The molecule has 0 saturated carbocycles. The van der Waals surface area contributed by atoms with Gasteiger partial charge in [-0.3, -0.25) is 4.79 Å². The zero-order chi connectivity index (χ0) is 20.5. The summed E-state index contributed by atoms with van der Waals surface area (Å²) in [5.74, 6) is -0.492. The molecule has 0 heterocycles. The minimum Gasteiger partial charge on any atom is -0.305 e. The smallest absolute Gasteiger partial charge is 0.264 e. The molecule has 1 unspecified atom stereocenters. The van der Waals surface area contributed by atoms with E-state index < -0.39 is 21.3 Å². The molecular formula is C21H25ClN2O3S. The van der Waals surface area contributed by atoms with Crippen molar-refractivity contribution in [2.75, 3.05) is 14.1 Å². The van der Waals surface area contributed by atoms with Crippen LogP contribution < -0.4 is 4.72 Å². The van der Waals surface area contributed by atoms with Crippen molar-refractivity contribution < 1.29 is 13.2 Å². The Morgan fingerprint density at radius 2 is 1.86 bits per heavy atom. The highest BCUT2D eigenvalue weighted by Crippen LogP contribution is 2.44. The predicted molar refractivity (Wildman–Crippen MR) is 111 cm³/mol. The molecular weight excluding hydrogens is 396 g/mol. The molecule has 5 nitrogen and oxygen atoms in total. The van der Waals surface area contributed by atoms with Gasteiger partial charge in [-0.05, 0) is 68.2 Å². The highest BCUT2D eigenvalue weighted by Gasteiger charge is 2.45. The van der Waals surface area contributed by atoms with Gasteiger partial charge in [0.1, 0.15) is 0 Å². The first-order valence-corrected chi connectivity index (χ1v) is 11.1. The summed E-state index contributed by atoms with van der Waals surface area (Å²) in [5, 5.41) is 0.625. The highest BCUT2D eigenvalue weighted by atomic mass is 35.5. The van der Waals surface area contributed by atoms with E-state index in [1.807, 2.05) is 38.1 Å². The molecule has 2 aromatic carbocycles. The summed E-state index contributed by atoms with van der Waals surface area (Å²) < 4.78 is 27.9. The standard InChI is InChI=1S/C21H25ClN2O3S/c1-4-21(13-12-17-18(21)6-5-7-19(17)22)20(25)23-28(26,27)16-10-8-15(9-11-16)14-24(2)3/h5-11H,4,12-14H2,1-3H3,(H,23,25). The Morgan fingerprint density at radius 1 is 1.18 bits per heavy atom. The molecule has 0 aromatic heterocycles. The normalized spacial score (nSPS) is 18.9. The molecule has 3 rings (SSSR count). The van der Waals surface area contributed by atoms with E-state index in [2.05, 4.69) is 4.72 Å². The van der Waals surface area contributed by atoms with E-state index in [4.69, 9.17) is 11.6 Å². The summed E-state index contributed by atoms with van der Waals surface area (Å²) >= 11 is 6.28. The first kappa shape index (κ1) is 20.8. The Morgan fingerprint density at radius 3 is 2.46 bits per heavy atom. The van der Waals surface area contributed by atoms with Crippen molar-refractivity contribution in [2.24, 2.45) is 0 Å². The number of benzene rings is 2. The Balaban J connectivity index is 1.87. The van der Waals surface area contributed by atoms with Crippen LogP contribution in [-0.2, 0) is 33.2 Å². The van der Waals surface area contributed by atoms with Crippen molar-refractivity contribution >= 4 is 27.5 Å². The monoisotopic (exact) mass is 420 g/mol. The van der Waals surface area contributed by atoms with Crippen LogP contribution in [0.2, 0.25) is 5.02 Å². The summed E-state index contributed by atoms with van der Waals surface area (Å²) in [7, 11) is -0.0588. The number of fused-ring (bicyclic) bond motifs is 1. The van der Waals surface area contributed by atoms with Crippen molar-refractivity contribution in [3.05, 3.63) is 64.2 Å². The second-order valence-corrected chi connectivity index (χ2v) is 9.61. The molecule has 0 radical (unpaired) electrons. The van der Waals surface area contributed by atoms with Crippen molar-refractivity contribution in [1.82, 2.24) is 9.62 Å². The van der Waals surface area contributed by atoms with Crippen molar-refractivity contribution in [3.63, 3.8) is 0 Å². The number of halogens is 1. The number of carbonyl (C=O) groups is 1. The molecule has 2 aromatic rings. The second-order valence-electron chi connectivity index (χ2n) is 7.52. The lowest BCUT2D eigenvalue weighted by Gasteiger charge is -2.27. The first-order valence-electron chi connectivity index (χ1n) is 9.28. The number of rotatable bonds is 6. The van der Waals surface area contributed by atoms with Crippen LogP contribution in [-0.4, -0.2) is 33.3 Å². The number of nitrogens with one attached hydrogen (secondary N) is 1. The van der Waals surface area contributed by atoms with Crippen LogP contribution >= 0.6 is 11.6 Å². The zero-order valence-electron chi connectivity index (χ0n) is 16.3. The molecule has 0 aliphatic heterocycles. The molecule has 0 fully saturated rings. The van der Waals surface area contributed by atoms with Gasteiger partial charge in [-0.25, -0.2) is 13.1 Å². The van der Waals surface area contributed by atoms with Crippen molar-refractivity contribution in [2.45, 2.75) is 43.0 Å². The zero-order valence-corrected chi connectivity index (χ0v) is 17.9. The third-order valence-electron chi connectivity index (χ3n) is 5.43. The van der Waals surface area contributed by atoms with Gasteiger partial charge in [0.25, 0.3) is 10.0 Å². The third kappa shape index (κ3) is 3.81. The van der Waals surface area contributed by atoms with Crippen LogP contribution in [0, 0.1) is 0 Å². The molecule has 0 saturated heterocycles. The van der Waals surface area contributed by atoms with Gasteiger partial charge >= 0.3 is 0 Å². The third-order valence-corrected chi connectivity index (χ3v) is 7.13. The van der Waals surface area contributed by atoms with E-state index in [0.29, 0.717) is 30.8 Å². The Labute approximate surface area is 171 Å². The number of hydrogen-bond acceptors (Lipinski definition) is 4. The SMILES string of the molecule is CCC1(C(=O)NS(=O)(=O)c2ccc(CN(C)C)cc2)CCc2c(Cl)cccc21. The Hall–Kier alpha value is -1.89. The van der Waals surface area contributed by atoms with E-state index >= 15 is 0 Å². The van der Waals surface area contributed by atoms with Crippen LogP contribution in [0.5, 0.6) is 0 Å². The van der Waals surface area contributed by atoms with Crippen LogP contribution in [0.15, 0.2) is 47.4 Å². The lowest BCUT2D eigenvalue weighted by Crippen LogP contribution is -2.45. The van der Waals surface area contributed by atoms with E-state index in [1.54, 1.807) is 18.2 Å². The fourth-order valence-electron chi connectivity index (χ4n) is 3.92. The minimum atomic E-state index is -3.95. The lowest BCUT2D eigenvalue weighted by molar-refractivity contribution is -0.125. The van der Waals surface area contributed by atoms with Crippen LogP contribution in [0.25, 0.3) is 0 Å². The molecule has 0 spiro atoms. The summed E-state index contributed by atoms with van der Waals surface area (Å²) in [4.78, 5) is 15.2. The molecule has 28 heavy (non-hydrogen) atoms. The summed E-state index contributed by atoms with van der Waals surface area (Å²) in [6.45, 7) is 2.61. The number of sulfonamides is 1. The molecule has 0 bridgehead atoms. The van der Waals surface area contributed by atoms with E-state index in [-0.39, 0.29) is 4.90 Å². The average molecular weight is 421 g/mol. The van der Waals surface area contributed by atoms with Crippen LogP contribution in [0.1, 0.15) is 36.5 Å². The second kappa shape index (κ2) is 7.85. The van der Waals surface area contributed by atoms with E-state index in [1.165, 1.54) is 12.1 Å². The maximum Gasteiger partial charge on any atom is 0.264 e. The molecule has 7 heteroatoms. The number of carbonyl (C=O) groups excluding carboxylic acids is 1. The first-order chi connectivity index (χ1) is 13.2. The van der Waals surface area contributed by atoms with Crippen LogP contribution in [0.3, 0.4) is 0 Å². The fourth-order valence-corrected chi connectivity index (χ4v) is 5.24. The maximum atomic E-state index is 13.1. The lowest BCUT2D eigenvalue weighted by atomic mass is 9.79. The fraction of sp³-hybridized carbons (Fsp3) is 0.381. The minimum absolute atomic E-state index is 0.0823. The Bertz CT molecular complexity index is 987.